The maximum absolute atomic E-state index is 6.24. The minimum absolute atomic E-state index is 0.0577. The highest BCUT2D eigenvalue weighted by molar-refractivity contribution is 14.1. The number of hydrogen-bond donors (Lipinski definition) is 1. The highest BCUT2D eigenvalue weighted by Gasteiger charge is 2.20. The molecule has 2 aromatic rings. The van der Waals surface area contributed by atoms with E-state index in [-0.39, 0.29) is 12.1 Å². The molecule has 2 aromatic carbocycles. The summed E-state index contributed by atoms with van der Waals surface area (Å²) in [5, 5.41) is 0. The van der Waals surface area contributed by atoms with Gasteiger partial charge in [-0.15, -0.1) is 0 Å². The molecule has 2 rings (SSSR count). The first kappa shape index (κ1) is 16.1. The van der Waals surface area contributed by atoms with Crippen LogP contribution in [0.4, 0.5) is 0 Å². The Balaban J connectivity index is 2.22. The van der Waals surface area contributed by atoms with Crippen LogP contribution in [0.5, 0.6) is 11.5 Å². The summed E-state index contributed by atoms with van der Waals surface area (Å²) in [7, 11) is 1.66. The molecule has 0 spiro atoms. The molecule has 2 N–H and O–H groups in total. The van der Waals surface area contributed by atoms with Gasteiger partial charge in [0, 0.05) is 9.61 Å². The summed E-state index contributed by atoms with van der Waals surface area (Å²) in [6.45, 7) is 2.07. The number of methoxy groups -OCH3 is 1. The molecule has 21 heavy (non-hydrogen) atoms. The van der Waals surface area contributed by atoms with E-state index in [1.807, 2.05) is 48.5 Å². The molecule has 0 amide bonds. The van der Waals surface area contributed by atoms with Crippen molar-refractivity contribution in [2.45, 2.75) is 25.5 Å². The SMILES string of the molecule is CCC(N)C(Oc1ccc(I)cc1)c1ccc(OC)cc1. The zero-order valence-electron chi connectivity index (χ0n) is 12.3. The van der Waals surface area contributed by atoms with E-state index in [1.54, 1.807) is 7.11 Å². The van der Waals surface area contributed by atoms with Crippen LogP contribution in [0.15, 0.2) is 48.5 Å². The fraction of sp³-hybridized carbons (Fsp3) is 0.294. The van der Waals surface area contributed by atoms with Crippen LogP contribution in [0.2, 0.25) is 0 Å². The van der Waals surface area contributed by atoms with E-state index in [0.717, 1.165) is 23.5 Å². The number of rotatable bonds is 6. The van der Waals surface area contributed by atoms with Crippen molar-refractivity contribution < 1.29 is 9.47 Å². The van der Waals surface area contributed by atoms with Gasteiger partial charge < -0.3 is 15.2 Å². The normalized spacial score (nSPS) is 13.5. The summed E-state index contributed by atoms with van der Waals surface area (Å²) in [5.41, 5.74) is 7.30. The first-order valence-corrected chi connectivity index (χ1v) is 8.03. The van der Waals surface area contributed by atoms with Crippen molar-refractivity contribution in [1.82, 2.24) is 0 Å². The second kappa shape index (κ2) is 7.66. The van der Waals surface area contributed by atoms with Gasteiger partial charge in [-0.2, -0.15) is 0 Å². The molecule has 0 aliphatic carbocycles. The molecule has 4 heteroatoms. The van der Waals surface area contributed by atoms with Crippen molar-refractivity contribution >= 4 is 22.6 Å². The molecule has 0 aliphatic rings. The van der Waals surface area contributed by atoms with Gasteiger partial charge in [-0.1, -0.05) is 19.1 Å². The fourth-order valence-corrected chi connectivity index (χ4v) is 2.43. The lowest BCUT2D eigenvalue weighted by atomic mass is 10.0. The Morgan fingerprint density at radius 3 is 2.10 bits per heavy atom. The van der Waals surface area contributed by atoms with E-state index in [1.165, 1.54) is 3.57 Å². The molecule has 0 aliphatic heterocycles. The molecular formula is C17H20INO2. The first-order valence-electron chi connectivity index (χ1n) is 6.95. The monoisotopic (exact) mass is 397 g/mol. The number of hydrogen-bond acceptors (Lipinski definition) is 3. The standard InChI is InChI=1S/C17H20INO2/c1-3-16(19)17(12-4-8-14(20-2)9-5-12)21-15-10-6-13(18)7-11-15/h4-11,16-17H,3,19H2,1-2H3. The smallest absolute Gasteiger partial charge is 0.139 e. The van der Waals surface area contributed by atoms with Crippen molar-refractivity contribution in [3.63, 3.8) is 0 Å². The number of ether oxygens (including phenoxy) is 2. The summed E-state index contributed by atoms with van der Waals surface area (Å²) < 4.78 is 12.5. The summed E-state index contributed by atoms with van der Waals surface area (Å²) in [5.74, 6) is 1.66. The molecule has 2 atom stereocenters. The summed E-state index contributed by atoms with van der Waals surface area (Å²) in [6.07, 6.45) is 0.683. The van der Waals surface area contributed by atoms with Crippen molar-refractivity contribution in [2.24, 2.45) is 5.73 Å². The number of halogens is 1. The lowest BCUT2D eigenvalue weighted by Gasteiger charge is -2.25. The second-order valence-electron chi connectivity index (χ2n) is 4.84. The van der Waals surface area contributed by atoms with Crippen molar-refractivity contribution in [2.75, 3.05) is 7.11 Å². The van der Waals surface area contributed by atoms with Crippen LogP contribution in [0.25, 0.3) is 0 Å². The Labute approximate surface area is 139 Å². The predicted octanol–water partition coefficient (Wildman–Crippen LogP) is 4.16. The van der Waals surface area contributed by atoms with Gasteiger partial charge in [0.2, 0.25) is 0 Å². The molecule has 0 saturated heterocycles. The van der Waals surface area contributed by atoms with E-state index < -0.39 is 0 Å². The Bertz CT molecular complexity index is 554. The van der Waals surface area contributed by atoms with Crippen LogP contribution in [-0.4, -0.2) is 13.2 Å². The van der Waals surface area contributed by atoms with Gasteiger partial charge in [-0.05, 0) is 71.0 Å². The van der Waals surface area contributed by atoms with E-state index in [4.69, 9.17) is 15.2 Å². The largest absolute Gasteiger partial charge is 0.497 e. The molecule has 0 bridgehead atoms. The maximum atomic E-state index is 6.24. The molecular weight excluding hydrogens is 377 g/mol. The Morgan fingerprint density at radius 1 is 1.00 bits per heavy atom. The minimum atomic E-state index is -0.166. The molecule has 0 fully saturated rings. The third kappa shape index (κ3) is 4.35. The van der Waals surface area contributed by atoms with Gasteiger partial charge in [0.25, 0.3) is 0 Å². The van der Waals surface area contributed by atoms with Gasteiger partial charge in [-0.3, -0.25) is 0 Å². The molecule has 112 valence electrons. The highest BCUT2D eigenvalue weighted by atomic mass is 127. The van der Waals surface area contributed by atoms with Crippen LogP contribution in [0, 0.1) is 3.57 Å². The van der Waals surface area contributed by atoms with Crippen molar-refractivity contribution in [3.8, 4) is 11.5 Å². The van der Waals surface area contributed by atoms with Crippen molar-refractivity contribution in [1.29, 1.82) is 0 Å². The van der Waals surface area contributed by atoms with Gasteiger partial charge >= 0.3 is 0 Å². The summed E-state index contributed by atoms with van der Waals surface area (Å²) in [4.78, 5) is 0. The molecule has 0 saturated carbocycles. The maximum Gasteiger partial charge on any atom is 0.139 e. The fourth-order valence-electron chi connectivity index (χ4n) is 2.07. The Hall–Kier alpha value is -1.27. The zero-order chi connectivity index (χ0) is 15.2. The average Bonchev–Trinajstić information content (AvgIpc) is 2.54. The Kier molecular flexibility index (Phi) is 5.87. The quantitative estimate of drug-likeness (QED) is 0.745. The average molecular weight is 397 g/mol. The van der Waals surface area contributed by atoms with Crippen LogP contribution >= 0.6 is 22.6 Å². The van der Waals surface area contributed by atoms with E-state index >= 15 is 0 Å². The van der Waals surface area contributed by atoms with Crippen LogP contribution in [0.1, 0.15) is 25.0 Å². The third-order valence-electron chi connectivity index (χ3n) is 3.38. The Morgan fingerprint density at radius 2 is 1.57 bits per heavy atom. The van der Waals surface area contributed by atoms with Crippen LogP contribution in [-0.2, 0) is 0 Å². The third-order valence-corrected chi connectivity index (χ3v) is 4.10. The number of benzene rings is 2. The van der Waals surface area contributed by atoms with Gasteiger partial charge in [0.1, 0.15) is 17.6 Å². The molecule has 0 radical (unpaired) electrons. The van der Waals surface area contributed by atoms with E-state index in [9.17, 15) is 0 Å². The minimum Gasteiger partial charge on any atom is -0.497 e. The van der Waals surface area contributed by atoms with Gasteiger partial charge in [0.15, 0.2) is 0 Å². The molecule has 0 aromatic heterocycles. The topological polar surface area (TPSA) is 44.5 Å². The number of nitrogens with two attached hydrogens (primary N) is 1. The van der Waals surface area contributed by atoms with Gasteiger partial charge in [0.05, 0.1) is 7.11 Å². The molecule has 0 heterocycles. The van der Waals surface area contributed by atoms with E-state index in [2.05, 4.69) is 29.5 Å². The lowest BCUT2D eigenvalue weighted by Crippen LogP contribution is -2.31. The zero-order valence-corrected chi connectivity index (χ0v) is 14.4. The lowest BCUT2D eigenvalue weighted by molar-refractivity contribution is 0.171. The molecule has 3 nitrogen and oxygen atoms in total. The predicted molar refractivity (Wildman–Crippen MR) is 93.8 cm³/mol. The second-order valence-corrected chi connectivity index (χ2v) is 6.08. The summed E-state index contributed by atoms with van der Waals surface area (Å²) >= 11 is 2.28. The van der Waals surface area contributed by atoms with Crippen molar-refractivity contribution in [3.05, 3.63) is 57.7 Å². The highest BCUT2D eigenvalue weighted by Crippen LogP contribution is 2.27. The van der Waals surface area contributed by atoms with Crippen LogP contribution < -0.4 is 15.2 Å². The molecule has 2 unspecified atom stereocenters. The summed E-state index contributed by atoms with van der Waals surface area (Å²) in [6, 6.07) is 15.8. The van der Waals surface area contributed by atoms with E-state index in [0.29, 0.717) is 0 Å². The first-order chi connectivity index (χ1) is 10.1. The van der Waals surface area contributed by atoms with Gasteiger partial charge in [-0.25, -0.2) is 0 Å². The van der Waals surface area contributed by atoms with Crippen LogP contribution in [0.3, 0.4) is 0 Å².